The number of rotatable bonds is 4. The SMILES string of the molecule is N#Cc1cc(C(=O)c2ccccc2OC(=O)c2cccc(F)c2)cn2c1nc1ccccc12. The second-order valence-electron chi connectivity index (χ2n) is 7.27. The maximum atomic E-state index is 13.5. The number of carbonyl (C=O) groups is 2. The van der Waals surface area contributed by atoms with Gasteiger partial charge in [0.05, 0.1) is 27.7 Å². The summed E-state index contributed by atoms with van der Waals surface area (Å²) in [6.45, 7) is 0. The Kier molecular flexibility index (Phi) is 4.88. The molecule has 7 heteroatoms. The first-order valence-electron chi connectivity index (χ1n) is 9.97. The fraction of sp³-hybridized carbons (Fsp3) is 0. The molecule has 0 aliphatic rings. The first-order chi connectivity index (χ1) is 16.0. The molecule has 0 radical (unpaired) electrons. The molecule has 2 aromatic heterocycles. The van der Waals surface area contributed by atoms with Crippen molar-refractivity contribution in [2.45, 2.75) is 0 Å². The number of aromatic nitrogens is 2. The molecule has 0 fully saturated rings. The van der Waals surface area contributed by atoms with Gasteiger partial charge in [-0.25, -0.2) is 14.2 Å². The van der Waals surface area contributed by atoms with Gasteiger partial charge in [0.15, 0.2) is 11.4 Å². The zero-order chi connectivity index (χ0) is 22.9. The van der Waals surface area contributed by atoms with Crippen molar-refractivity contribution < 1.29 is 18.7 Å². The van der Waals surface area contributed by atoms with Crippen LogP contribution in [-0.4, -0.2) is 21.1 Å². The van der Waals surface area contributed by atoms with Gasteiger partial charge in [-0.05, 0) is 48.5 Å². The van der Waals surface area contributed by atoms with Gasteiger partial charge in [0.1, 0.15) is 17.6 Å². The summed E-state index contributed by atoms with van der Waals surface area (Å²) >= 11 is 0. The fourth-order valence-corrected chi connectivity index (χ4v) is 3.64. The molecule has 2 heterocycles. The highest BCUT2D eigenvalue weighted by Gasteiger charge is 2.20. The van der Waals surface area contributed by atoms with E-state index >= 15 is 0 Å². The summed E-state index contributed by atoms with van der Waals surface area (Å²) in [5, 5.41) is 9.64. The largest absolute Gasteiger partial charge is 0.422 e. The first-order valence-corrected chi connectivity index (χ1v) is 9.97. The van der Waals surface area contributed by atoms with Gasteiger partial charge in [-0.2, -0.15) is 5.26 Å². The number of carbonyl (C=O) groups excluding carboxylic acids is 2. The summed E-state index contributed by atoms with van der Waals surface area (Å²) in [6.07, 6.45) is 1.61. The van der Waals surface area contributed by atoms with Crippen molar-refractivity contribution in [1.82, 2.24) is 9.38 Å². The monoisotopic (exact) mass is 435 g/mol. The van der Waals surface area contributed by atoms with Gasteiger partial charge in [0.25, 0.3) is 0 Å². The van der Waals surface area contributed by atoms with Gasteiger partial charge < -0.3 is 4.74 Å². The second-order valence-corrected chi connectivity index (χ2v) is 7.27. The summed E-state index contributed by atoms with van der Waals surface area (Å²) in [4.78, 5) is 30.4. The minimum Gasteiger partial charge on any atom is -0.422 e. The van der Waals surface area contributed by atoms with Crippen LogP contribution in [0, 0.1) is 17.1 Å². The molecule has 3 aromatic carbocycles. The molecule has 6 nitrogen and oxygen atoms in total. The predicted molar refractivity (Wildman–Crippen MR) is 119 cm³/mol. The van der Waals surface area contributed by atoms with E-state index in [-0.39, 0.29) is 28.0 Å². The molecular weight excluding hydrogens is 421 g/mol. The van der Waals surface area contributed by atoms with Gasteiger partial charge in [-0.15, -0.1) is 0 Å². The van der Waals surface area contributed by atoms with Crippen LogP contribution in [0.25, 0.3) is 16.7 Å². The van der Waals surface area contributed by atoms with Crippen LogP contribution in [0.4, 0.5) is 4.39 Å². The Labute approximate surface area is 187 Å². The van der Waals surface area contributed by atoms with Crippen molar-refractivity contribution in [3.05, 3.63) is 113 Å². The van der Waals surface area contributed by atoms with Crippen molar-refractivity contribution >= 4 is 28.4 Å². The second kappa shape index (κ2) is 8.02. The van der Waals surface area contributed by atoms with Gasteiger partial charge in [0.2, 0.25) is 0 Å². The number of hydrogen-bond acceptors (Lipinski definition) is 5. The number of halogens is 1. The normalized spacial score (nSPS) is 10.8. The Balaban J connectivity index is 1.57. The van der Waals surface area contributed by atoms with E-state index < -0.39 is 17.6 Å². The first kappa shape index (κ1) is 20.1. The smallest absolute Gasteiger partial charge is 0.343 e. The Morgan fingerprint density at radius 3 is 2.55 bits per heavy atom. The molecule has 0 atom stereocenters. The van der Waals surface area contributed by atoms with E-state index in [1.54, 1.807) is 22.7 Å². The Morgan fingerprint density at radius 1 is 0.939 bits per heavy atom. The molecule has 0 unspecified atom stereocenters. The molecule has 0 saturated heterocycles. The minimum atomic E-state index is -0.788. The number of pyridine rings is 1. The van der Waals surface area contributed by atoms with Crippen LogP contribution in [0.3, 0.4) is 0 Å². The van der Waals surface area contributed by atoms with E-state index in [1.807, 2.05) is 24.3 Å². The lowest BCUT2D eigenvalue weighted by atomic mass is 10.0. The summed E-state index contributed by atoms with van der Waals surface area (Å²) in [6, 6.07) is 22.3. The molecule has 0 amide bonds. The zero-order valence-corrected chi connectivity index (χ0v) is 17.0. The molecular formula is C26H14FN3O3. The van der Waals surface area contributed by atoms with Crippen LogP contribution >= 0.6 is 0 Å². The van der Waals surface area contributed by atoms with Crippen LogP contribution < -0.4 is 4.74 Å². The summed E-state index contributed by atoms with van der Waals surface area (Å²) in [5.41, 5.74) is 2.53. The zero-order valence-electron chi connectivity index (χ0n) is 17.0. The van der Waals surface area contributed by atoms with Gasteiger partial charge in [-0.3, -0.25) is 9.20 Å². The maximum absolute atomic E-state index is 13.5. The standard InChI is InChI=1S/C26H14FN3O3/c27-19-7-5-6-16(13-19)26(32)33-23-11-4-1-8-20(23)24(31)18-12-17(14-28)25-29-21-9-2-3-10-22(21)30(25)15-18/h1-13,15H. The third kappa shape index (κ3) is 3.60. The summed E-state index contributed by atoms with van der Waals surface area (Å²) in [5.74, 6) is -1.76. The number of hydrogen-bond donors (Lipinski definition) is 0. The van der Waals surface area contributed by atoms with Crippen LogP contribution in [0.5, 0.6) is 5.75 Å². The van der Waals surface area contributed by atoms with Crippen molar-refractivity contribution in [3.63, 3.8) is 0 Å². The number of para-hydroxylation sites is 3. The van der Waals surface area contributed by atoms with Crippen molar-refractivity contribution in [1.29, 1.82) is 5.26 Å². The Bertz CT molecular complexity index is 1610. The lowest BCUT2D eigenvalue weighted by Gasteiger charge is -2.10. The predicted octanol–water partition coefficient (Wildman–Crippen LogP) is 4.95. The topological polar surface area (TPSA) is 84.5 Å². The molecule has 33 heavy (non-hydrogen) atoms. The number of nitriles is 1. The molecule has 0 aliphatic heterocycles. The number of benzene rings is 3. The molecule has 5 rings (SSSR count). The molecule has 0 bridgehead atoms. The van der Waals surface area contributed by atoms with E-state index in [0.29, 0.717) is 11.2 Å². The number of fused-ring (bicyclic) bond motifs is 3. The molecule has 0 saturated carbocycles. The van der Waals surface area contributed by atoms with Crippen LogP contribution in [0.15, 0.2) is 85.1 Å². The Hall–Kier alpha value is -4.83. The highest BCUT2D eigenvalue weighted by Crippen LogP contribution is 2.26. The number of imidazole rings is 1. The van der Waals surface area contributed by atoms with Gasteiger partial charge in [-0.1, -0.05) is 30.3 Å². The summed E-state index contributed by atoms with van der Waals surface area (Å²) < 4.78 is 20.6. The lowest BCUT2D eigenvalue weighted by Crippen LogP contribution is -2.13. The summed E-state index contributed by atoms with van der Waals surface area (Å²) in [7, 11) is 0. The van der Waals surface area contributed by atoms with Gasteiger partial charge >= 0.3 is 5.97 Å². The number of nitrogens with zero attached hydrogens (tertiary/aromatic N) is 3. The van der Waals surface area contributed by atoms with Crippen molar-refractivity contribution in [3.8, 4) is 11.8 Å². The highest BCUT2D eigenvalue weighted by atomic mass is 19.1. The third-order valence-electron chi connectivity index (χ3n) is 5.18. The quantitative estimate of drug-likeness (QED) is 0.227. The van der Waals surface area contributed by atoms with Crippen LogP contribution in [0.1, 0.15) is 31.8 Å². The Morgan fingerprint density at radius 2 is 1.73 bits per heavy atom. The number of esters is 1. The molecule has 5 aromatic rings. The number of ether oxygens (including phenoxy) is 1. The molecule has 0 N–H and O–H groups in total. The van der Waals surface area contributed by atoms with Crippen molar-refractivity contribution in [2.75, 3.05) is 0 Å². The van der Waals surface area contributed by atoms with Crippen molar-refractivity contribution in [2.24, 2.45) is 0 Å². The average Bonchev–Trinajstić information content (AvgIpc) is 3.22. The van der Waals surface area contributed by atoms with Gasteiger partial charge in [0, 0.05) is 11.8 Å². The highest BCUT2D eigenvalue weighted by molar-refractivity contribution is 6.11. The minimum absolute atomic E-state index is 0.0234. The van der Waals surface area contributed by atoms with E-state index in [0.717, 1.165) is 11.6 Å². The van der Waals surface area contributed by atoms with E-state index in [1.165, 1.54) is 36.4 Å². The molecule has 158 valence electrons. The number of ketones is 1. The fourth-order valence-electron chi connectivity index (χ4n) is 3.64. The van der Waals surface area contributed by atoms with E-state index in [2.05, 4.69) is 11.1 Å². The third-order valence-corrected chi connectivity index (χ3v) is 5.18. The maximum Gasteiger partial charge on any atom is 0.343 e. The van der Waals surface area contributed by atoms with E-state index in [4.69, 9.17) is 4.74 Å². The lowest BCUT2D eigenvalue weighted by molar-refractivity contribution is 0.0732. The van der Waals surface area contributed by atoms with E-state index in [9.17, 15) is 19.2 Å². The molecule has 0 spiro atoms. The molecule has 0 aliphatic carbocycles. The van der Waals surface area contributed by atoms with Crippen LogP contribution in [-0.2, 0) is 0 Å². The average molecular weight is 435 g/mol. The van der Waals surface area contributed by atoms with Crippen LogP contribution in [0.2, 0.25) is 0 Å².